The van der Waals surface area contributed by atoms with Crippen LogP contribution in [-0.4, -0.2) is 48.2 Å². The lowest BCUT2D eigenvalue weighted by Crippen LogP contribution is -1.95. The van der Waals surface area contributed by atoms with Crippen LogP contribution in [0.1, 0.15) is 73.1 Å². The molecule has 72 heavy (non-hydrogen) atoms. The number of aromatic carboxylic acids is 3. The van der Waals surface area contributed by atoms with E-state index < -0.39 is 17.9 Å². The number of benzene rings is 8. The number of nitrogens with zero attached hydrogens (tertiary/aromatic N) is 3. The van der Waals surface area contributed by atoms with E-state index in [1.807, 2.05) is 67.6 Å². The van der Waals surface area contributed by atoms with Crippen LogP contribution in [0.3, 0.4) is 0 Å². The first-order valence-electron chi connectivity index (χ1n) is 23.0. The number of rotatable bonds is 9. The first-order chi connectivity index (χ1) is 34.6. The Balaban J connectivity index is 0.000000135. The van der Waals surface area contributed by atoms with Crippen LogP contribution in [0.2, 0.25) is 0 Å². The second-order valence-electron chi connectivity index (χ2n) is 17.7. The lowest BCUT2D eigenvalue weighted by Gasteiger charge is -2.07. The summed E-state index contributed by atoms with van der Waals surface area (Å²) in [6.07, 6.45) is 0. The molecule has 12 nitrogen and oxygen atoms in total. The van der Waals surface area contributed by atoms with Gasteiger partial charge < -0.3 is 28.6 Å². The fraction of sp³-hybridized carbons (Fsp3) is 0.100. The van der Waals surface area contributed by atoms with E-state index in [1.54, 1.807) is 54.6 Å². The van der Waals surface area contributed by atoms with Crippen LogP contribution in [0.15, 0.2) is 183 Å². The van der Waals surface area contributed by atoms with Crippen LogP contribution in [0.4, 0.5) is 0 Å². The number of hydrogen-bond donors (Lipinski definition) is 3. The Bertz CT molecular complexity index is 3790. The summed E-state index contributed by atoms with van der Waals surface area (Å²) in [6, 6.07) is 52.5. The molecule has 0 saturated heterocycles. The Morgan fingerprint density at radius 2 is 0.778 bits per heavy atom. The fourth-order valence-corrected chi connectivity index (χ4v) is 8.11. The SMILES string of the molecule is CC(C)c1ccc(-c2ccc3oc(-c4cccc(C(=O)O)c4)nc3c2)cc1.Cc1cc(C)cc(-c2ccc3oc(-c4cccc(C(=O)O)c4)nc3c2)c1.Cc1ccc(-c2nc3cc(C(=O)O)ccc3o2)cc1. The standard InChI is InChI=1S/C23H19NO3.C22H17NO3.C15H11NO3/c1-14(2)15-6-8-16(9-7-15)17-10-11-21-20(13-17)24-22(27-21)18-4-3-5-19(12-18)23(25)26;1-13-8-14(2)10-18(9-13)15-6-7-20-19(12-15)23-21(26-20)16-4-3-5-17(11-16)22(24)25;1-9-2-4-10(5-3-9)14-16-12-8-11(15(17)18)6-7-13(12)19-14/h3-14H,1-2H3,(H,25,26);3-12H,1-2H3,(H,24,25);2-8H,1H3,(H,17,18). The van der Waals surface area contributed by atoms with Gasteiger partial charge in [-0.2, -0.15) is 0 Å². The topological polar surface area (TPSA) is 190 Å². The molecule has 0 aliphatic carbocycles. The summed E-state index contributed by atoms with van der Waals surface area (Å²) in [5.74, 6) is -1.08. The lowest BCUT2D eigenvalue weighted by atomic mass is 9.99. The molecule has 3 aromatic heterocycles. The molecule has 3 heterocycles. The molecule has 356 valence electrons. The molecule has 0 aliphatic rings. The number of aromatic nitrogens is 3. The summed E-state index contributed by atoms with van der Waals surface area (Å²) in [5.41, 5.74) is 16.1. The number of carboxylic acid groups (broad SMARTS) is 3. The van der Waals surface area contributed by atoms with Crippen LogP contribution in [0.5, 0.6) is 0 Å². The van der Waals surface area contributed by atoms with E-state index in [0.717, 1.165) is 44.4 Å². The van der Waals surface area contributed by atoms with Gasteiger partial charge in [0.2, 0.25) is 17.7 Å². The van der Waals surface area contributed by atoms with Gasteiger partial charge in [-0.1, -0.05) is 109 Å². The molecular formula is C60H47N3O9. The lowest BCUT2D eigenvalue weighted by molar-refractivity contribution is 0.0686. The van der Waals surface area contributed by atoms with E-state index in [0.29, 0.717) is 57.0 Å². The highest BCUT2D eigenvalue weighted by Gasteiger charge is 2.15. The third kappa shape index (κ3) is 10.7. The number of hydrogen-bond acceptors (Lipinski definition) is 9. The van der Waals surface area contributed by atoms with Crippen molar-refractivity contribution in [2.24, 2.45) is 0 Å². The van der Waals surface area contributed by atoms with Crippen LogP contribution < -0.4 is 0 Å². The summed E-state index contributed by atoms with van der Waals surface area (Å²) in [7, 11) is 0. The first-order valence-corrected chi connectivity index (χ1v) is 23.0. The highest BCUT2D eigenvalue weighted by atomic mass is 16.4. The first kappa shape index (κ1) is 47.6. The fourth-order valence-electron chi connectivity index (χ4n) is 8.11. The van der Waals surface area contributed by atoms with E-state index in [9.17, 15) is 14.4 Å². The molecule has 12 heteroatoms. The molecule has 0 aliphatic heterocycles. The Labute approximate surface area is 413 Å². The smallest absolute Gasteiger partial charge is 0.335 e. The second kappa shape index (κ2) is 20.3. The van der Waals surface area contributed by atoms with Gasteiger partial charge in [-0.05, 0) is 146 Å². The van der Waals surface area contributed by atoms with Crippen LogP contribution >= 0.6 is 0 Å². The predicted molar refractivity (Wildman–Crippen MR) is 278 cm³/mol. The minimum atomic E-state index is -0.972. The molecule has 0 atom stereocenters. The Morgan fingerprint density at radius 3 is 1.25 bits per heavy atom. The molecule has 0 spiro atoms. The molecular weight excluding hydrogens is 907 g/mol. The average Bonchev–Trinajstić information content (AvgIpc) is 4.13. The summed E-state index contributed by atoms with van der Waals surface area (Å²) < 4.78 is 17.3. The summed E-state index contributed by atoms with van der Waals surface area (Å²) in [6.45, 7) is 10.5. The minimum absolute atomic E-state index is 0.205. The van der Waals surface area contributed by atoms with Crippen molar-refractivity contribution in [3.8, 4) is 56.6 Å². The van der Waals surface area contributed by atoms with Gasteiger partial charge in [-0.25, -0.2) is 29.3 Å². The molecule has 0 saturated carbocycles. The van der Waals surface area contributed by atoms with E-state index in [1.165, 1.54) is 28.8 Å². The molecule has 0 radical (unpaired) electrons. The van der Waals surface area contributed by atoms with Crippen LogP contribution in [0.25, 0.3) is 89.9 Å². The number of carbonyl (C=O) groups is 3. The van der Waals surface area contributed by atoms with Crippen molar-refractivity contribution in [1.29, 1.82) is 0 Å². The van der Waals surface area contributed by atoms with Gasteiger partial charge in [0.15, 0.2) is 16.7 Å². The Hall–Kier alpha value is -9.42. The molecule has 0 amide bonds. The van der Waals surface area contributed by atoms with Crippen LogP contribution in [-0.2, 0) is 0 Å². The van der Waals surface area contributed by atoms with E-state index >= 15 is 0 Å². The van der Waals surface area contributed by atoms with Crippen molar-refractivity contribution < 1.29 is 43.0 Å². The Morgan fingerprint density at radius 1 is 0.375 bits per heavy atom. The number of carboxylic acids is 3. The van der Waals surface area contributed by atoms with E-state index in [2.05, 4.69) is 85.1 Å². The van der Waals surface area contributed by atoms with Crippen molar-refractivity contribution in [3.05, 3.63) is 209 Å². The third-order valence-electron chi connectivity index (χ3n) is 11.9. The maximum atomic E-state index is 11.2. The zero-order valence-corrected chi connectivity index (χ0v) is 39.9. The molecule has 11 rings (SSSR count). The van der Waals surface area contributed by atoms with Gasteiger partial charge in [0.25, 0.3) is 0 Å². The van der Waals surface area contributed by atoms with Gasteiger partial charge >= 0.3 is 17.9 Å². The summed E-state index contributed by atoms with van der Waals surface area (Å²) >= 11 is 0. The maximum Gasteiger partial charge on any atom is 0.335 e. The van der Waals surface area contributed by atoms with Crippen molar-refractivity contribution in [2.75, 3.05) is 0 Å². The molecule has 0 bridgehead atoms. The van der Waals surface area contributed by atoms with Crippen LogP contribution in [0, 0.1) is 20.8 Å². The minimum Gasteiger partial charge on any atom is -0.478 e. The van der Waals surface area contributed by atoms with Crippen molar-refractivity contribution >= 4 is 51.2 Å². The van der Waals surface area contributed by atoms with Gasteiger partial charge in [-0.15, -0.1) is 0 Å². The highest BCUT2D eigenvalue weighted by molar-refractivity contribution is 5.93. The number of aryl methyl sites for hydroxylation is 3. The molecule has 11 aromatic rings. The molecule has 8 aromatic carbocycles. The van der Waals surface area contributed by atoms with Gasteiger partial charge in [0.05, 0.1) is 16.7 Å². The number of fused-ring (bicyclic) bond motifs is 3. The number of oxazole rings is 3. The molecule has 3 N–H and O–H groups in total. The third-order valence-corrected chi connectivity index (χ3v) is 11.9. The normalized spacial score (nSPS) is 11.0. The van der Waals surface area contributed by atoms with Crippen molar-refractivity contribution in [1.82, 2.24) is 15.0 Å². The van der Waals surface area contributed by atoms with Gasteiger partial charge in [0.1, 0.15) is 16.6 Å². The van der Waals surface area contributed by atoms with E-state index in [-0.39, 0.29) is 16.7 Å². The van der Waals surface area contributed by atoms with Gasteiger partial charge in [-0.3, -0.25) is 0 Å². The zero-order valence-electron chi connectivity index (χ0n) is 39.9. The summed E-state index contributed by atoms with van der Waals surface area (Å²) in [4.78, 5) is 46.7. The second-order valence-corrected chi connectivity index (χ2v) is 17.7. The van der Waals surface area contributed by atoms with Crippen molar-refractivity contribution in [2.45, 2.75) is 40.5 Å². The predicted octanol–water partition coefficient (Wildman–Crippen LogP) is 15.0. The highest BCUT2D eigenvalue weighted by Crippen LogP contribution is 2.32. The monoisotopic (exact) mass is 953 g/mol. The summed E-state index contributed by atoms with van der Waals surface area (Å²) in [5, 5.41) is 27.3. The molecule has 0 fully saturated rings. The Kier molecular flexibility index (Phi) is 13.4. The zero-order chi connectivity index (χ0) is 50.6. The molecule has 0 unspecified atom stereocenters. The quantitative estimate of drug-likeness (QED) is 0.124. The van der Waals surface area contributed by atoms with E-state index in [4.69, 9.17) is 28.6 Å². The van der Waals surface area contributed by atoms with Gasteiger partial charge in [0, 0.05) is 16.7 Å². The van der Waals surface area contributed by atoms with Crippen molar-refractivity contribution in [3.63, 3.8) is 0 Å². The maximum absolute atomic E-state index is 11.2. The average molecular weight is 954 g/mol. The largest absolute Gasteiger partial charge is 0.478 e.